The van der Waals surface area contributed by atoms with Crippen molar-refractivity contribution < 1.29 is 0 Å². The van der Waals surface area contributed by atoms with E-state index in [1.54, 1.807) is 0 Å². The highest BCUT2D eigenvalue weighted by molar-refractivity contribution is 14.1. The molecule has 1 aliphatic heterocycles. The Morgan fingerprint density at radius 3 is 2.83 bits per heavy atom. The van der Waals surface area contributed by atoms with E-state index in [9.17, 15) is 0 Å². The normalized spacial score (nSPS) is 23.2. The summed E-state index contributed by atoms with van der Waals surface area (Å²) < 4.78 is 2.45. The first-order valence-electron chi connectivity index (χ1n) is 6.39. The number of hydrogen-bond acceptors (Lipinski definition) is 2. The first kappa shape index (κ1) is 14.6. The molecule has 0 radical (unpaired) electrons. The first-order valence-corrected chi connectivity index (χ1v) is 8.27. The summed E-state index contributed by atoms with van der Waals surface area (Å²) in [6, 6.07) is 7.24. The number of hydrogen-bond donors (Lipinski definition) is 1. The zero-order valence-electron chi connectivity index (χ0n) is 11.1. The van der Waals surface area contributed by atoms with Gasteiger partial charge in [-0.1, -0.05) is 6.92 Å². The number of nitrogens with one attached hydrogen (secondary N) is 1. The van der Waals surface area contributed by atoms with E-state index in [0.717, 1.165) is 13.1 Å². The molecule has 18 heavy (non-hydrogen) atoms. The van der Waals surface area contributed by atoms with Crippen molar-refractivity contribution in [3.8, 4) is 0 Å². The monoisotopic (exact) mass is 422 g/mol. The Kier molecular flexibility index (Phi) is 4.60. The lowest BCUT2D eigenvalue weighted by Crippen LogP contribution is -2.61. The molecule has 1 atom stereocenters. The van der Waals surface area contributed by atoms with Gasteiger partial charge in [0.1, 0.15) is 0 Å². The van der Waals surface area contributed by atoms with Crippen LogP contribution in [0.15, 0.2) is 22.7 Å². The van der Waals surface area contributed by atoms with E-state index in [1.807, 2.05) is 0 Å². The van der Waals surface area contributed by atoms with Crippen LogP contribution in [0.5, 0.6) is 0 Å². The summed E-state index contributed by atoms with van der Waals surface area (Å²) in [5.74, 6) is 0. The summed E-state index contributed by atoms with van der Waals surface area (Å²) in [5, 5.41) is 3.63. The molecule has 1 N–H and O–H groups in total. The minimum atomic E-state index is 0.182. The van der Waals surface area contributed by atoms with Gasteiger partial charge in [-0.15, -0.1) is 0 Å². The summed E-state index contributed by atoms with van der Waals surface area (Å²) in [6.07, 6.45) is 1.17. The lowest BCUT2D eigenvalue weighted by molar-refractivity contribution is 0.306. The van der Waals surface area contributed by atoms with Crippen molar-refractivity contribution in [1.82, 2.24) is 5.32 Å². The zero-order valence-corrected chi connectivity index (χ0v) is 14.9. The molecule has 2 nitrogen and oxygen atoms in total. The molecule has 100 valence electrons. The van der Waals surface area contributed by atoms with Crippen molar-refractivity contribution in [2.45, 2.75) is 38.8 Å². The lowest BCUT2D eigenvalue weighted by atomic mass is 9.97. The molecule has 0 aliphatic carbocycles. The summed E-state index contributed by atoms with van der Waals surface area (Å²) in [5.41, 5.74) is 1.50. The minimum absolute atomic E-state index is 0.182. The first-order chi connectivity index (χ1) is 8.43. The van der Waals surface area contributed by atoms with E-state index in [2.05, 4.69) is 87.7 Å². The SMILES string of the molecule is CCC1CNC(C)(C)CN1c1ccc(I)c(Br)c1. The second-order valence-corrected chi connectivity index (χ2v) is 7.57. The molecule has 1 unspecified atom stereocenters. The Bertz CT molecular complexity index is 434. The fourth-order valence-electron chi connectivity index (χ4n) is 2.45. The van der Waals surface area contributed by atoms with Crippen LogP contribution >= 0.6 is 38.5 Å². The highest BCUT2D eigenvalue weighted by atomic mass is 127. The van der Waals surface area contributed by atoms with Crippen LogP contribution in [0, 0.1) is 3.57 Å². The largest absolute Gasteiger partial charge is 0.365 e. The molecule has 1 fully saturated rings. The fraction of sp³-hybridized carbons (Fsp3) is 0.571. The molecule has 0 bridgehead atoms. The highest BCUT2D eigenvalue weighted by Gasteiger charge is 2.31. The zero-order chi connectivity index (χ0) is 13.3. The van der Waals surface area contributed by atoms with Crippen LogP contribution < -0.4 is 10.2 Å². The Labute approximate surface area is 132 Å². The average Bonchev–Trinajstić information content (AvgIpc) is 2.32. The van der Waals surface area contributed by atoms with Gasteiger partial charge in [0.25, 0.3) is 0 Å². The van der Waals surface area contributed by atoms with Crippen molar-refractivity contribution in [1.29, 1.82) is 0 Å². The number of anilines is 1. The van der Waals surface area contributed by atoms with Gasteiger partial charge in [0.2, 0.25) is 0 Å². The Hall–Kier alpha value is 0.190. The molecule has 0 saturated carbocycles. The molecule has 1 saturated heterocycles. The number of nitrogens with zero attached hydrogens (tertiary/aromatic N) is 1. The third-order valence-corrected chi connectivity index (χ3v) is 5.87. The molecule has 1 heterocycles. The van der Waals surface area contributed by atoms with E-state index in [-0.39, 0.29) is 5.54 Å². The smallest absolute Gasteiger partial charge is 0.0412 e. The molecular weight excluding hydrogens is 403 g/mol. The standard InChI is InChI=1S/C14H20BrIN2/c1-4-10-8-17-14(2,3)9-18(10)11-5-6-13(16)12(15)7-11/h5-7,10,17H,4,8-9H2,1-3H3. The molecule has 1 aliphatic rings. The summed E-state index contributed by atoms with van der Waals surface area (Å²) in [4.78, 5) is 2.54. The molecule has 1 aromatic rings. The van der Waals surface area contributed by atoms with Gasteiger partial charge in [-0.05, 0) is 77.0 Å². The second kappa shape index (κ2) is 5.67. The molecule has 0 aromatic heterocycles. The Balaban J connectivity index is 2.29. The number of rotatable bonds is 2. The minimum Gasteiger partial charge on any atom is -0.365 e. The molecule has 2 rings (SSSR count). The van der Waals surface area contributed by atoms with Crippen molar-refractivity contribution in [2.24, 2.45) is 0 Å². The quantitative estimate of drug-likeness (QED) is 0.724. The number of halogens is 2. The Morgan fingerprint density at radius 2 is 2.22 bits per heavy atom. The summed E-state index contributed by atoms with van der Waals surface area (Å²) in [6.45, 7) is 8.92. The molecule has 0 amide bonds. The Morgan fingerprint density at radius 1 is 1.50 bits per heavy atom. The van der Waals surface area contributed by atoms with Gasteiger partial charge in [0.15, 0.2) is 0 Å². The number of piperazine rings is 1. The summed E-state index contributed by atoms with van der Waals surface area (Å²) >= 11 is 5.99. The highest BCUT2D eigenvalue weighted by Crippen LogP contribution is 2.29. The molecule has 0 spiro atoms. The third-order valence-electron chi connectivity index (χ3n) is 3.53. The predicted octanol–water partition coefficient (Wildman–Crippen LogP) is 4.02. The molecule has 4 heteroatoms. The maximum absolute atomic E-state index is 3.63. The molecule has 1 aromatic carbocycles. The van der Waals surface area contributed by atoms with Crippen molar-refractivity contribution >= 4 is 44.2 Å². The van der Waals surface area contributed by atoms with Crippen LogP contribution in [0.4, 0.5) is 5.69 Å². The fourth-order valence-corrected chi connectivity index (χ4v) is 3.15. The van der Waals surface area contributed by atoms with Gasteiger partial charge in [0.05, 0.1) is 0 Å². The van der Waals surface area contributed by atoms with Crippen LogP contribution in [0.2, 0.25) is 0 Å². The van der Waals surface area contributed by atoms with E-state index in [0.29, 0.717) is 6.04 Å². The second-order valence-electron chi connectivity index (χ2n) is 5.55. The summed E-state index contributed by atoms with van der Waals surface area (Å²) in [7, 11) is 0. The van der Waals surface area contributed by atoms with E-state index in [1.165, 1.54) is 20.2 Å². The molecular formula is C14H20BrIN2. The van der Waals surface area contributed by atoms with Gasteiger partial charge in [0, 0.05) is 38.4 Å². The van der Waals surface area contributed by atoms with E-state index >= 15 is 0 Å². The van der Waals surface area contributed by atoms with Crippen LogP contribution in [0.1, 0.15) is 27.2 Å². The maximum atomic E-state index is 3.63. The van der Waals surface area contributed by atoms with Crippen LogP contribution in [0.3, 0.4) is 0 Å². The average molecular weight is 423 g/mol. The van der Waals surface area contributed by atoms with E-state index in [4.69, 9.17) is 0 Å². The van der Waals surface area contributed by atoms with Gasteiger partial charge < -0.3 is 10.2 Å². The van der Waals surface area contributed by atoms with Crippen LogP contribution in [0.25, 0.3) is 0 Å². The van der Waals surface area contributed by atoms with Crippen LogP contribution in [-0.2, 0) is 0 Å². The maximum Gasteiger partial charge on any atom is 0.0412 e. The van der Waals surface area contributed by atoms with Crippen molar-refractivity contribution in [3.05, 3.63) is 26.2 Å². The van der Waals surface area contributed by atoms with Gasteiger partial charge in [-0.25, -0.2) is 0 Å². The van der Waals surface area contributed by atoms with Crippen LogP contribution in [-0.4, -0.2) is 24.7 Å². The van der Waals surface area contributed by atoms with Crippen molar-refractivity contribution in [3.63, 3.8) is 0 Å². The number of benzene rings is 1. The third kappa shape index (κ3) is 3.20. The van der Waals surface area contributed by atoms with Gasteiger partial charge in [-0.2, -0.15) is 0 Å². The van der Waals surface area contributed by atoms with Gasteiger partial charge >= 0.3 is 0 Å². The van der Waals surface area contributed by atoms with Gasteiger partial charge in [-0.3, -0.25) is 0 Å². The van der Waals surface area contributed by atoms with Crippen molar-refractivity contribution in [2.75, 3.05) is 18.0 Å². The topological polar surface area (TPSA) is 15.3 Å². The predicted molar refractivity (Wildman–Crippen MR) is 90.4 cm³/mol. The van der Waals surface area contributed by atoms with E-state index < -0.39 is 0 Å². The lowest BCUT2D eigenvalue weighted by Gasteiger charge is -2.46.